The van der Waals surface area contributed by atoms with Crippen LogP contribution >= 0.6 is 0 Å². The highest BCUT2D eigenvalue weighted by Gasteiger charge is 2.14. The Bertz CT molecular complexity index is 400. The minimum atomic E-state index is 0.734. The maximum atomic E-state index is 4.32. The van der Waals surface area contributed by atoms with Gasteiger partial charge in [0.15, 0.2) is 0 Å². The summed E-state index contributed by atoms with van der Waals surface area (Å²) in [5.74, 6) is 0.734. The fraction of sp³-hybridized carbons (Fsp3) is 0.600. The monoisotopic (exact) mass is 272 g/mol. The lowest BCUT2D eigenvalue weighted by molar-refractivity contribution is 0.523. The van der Waals surface area contributed by atoms with Crippen LogP contribution in [0.3, 0.4) is 0 Å². The molecule has 0 aliphatic heterocycles. The highest BCUT2D eigenvalue weighted by molar-refractivity contribution is 5.12. The van der Waals surface area contributed by atoms with E-state index in [1.54, 1.807) is 5.57 Å². The Labute approximate surface area is 126 Å². The van der Waals surface area contributed by atoms with E-state index in [4.69, 9.17) is 0 Å². The SMILES string of the molecule is C=C(CCC=C(C)CCC=C(C)C)C1CC=C(C)CC1. The van der Waals surface area contributed by atoms with Gasteiger partial charge in [0.25, 0.3) is 0 Å². The predicted molar refractivity (Wildman–Crippen MR) is 91.9 cm³/mol. The van der Waals surface area contributed by atoms with Crippen molar-refractivity contribution in [2.75, 3.05) is 0 Å². The van der Waals surface area contributed by atoms with Crippen LogP contribution in [0.25, 0.3) is 0 Å². The molecule has 0 spiro atoms. The molecule has 0 radical (unpaired) electrons. The Hall–Kier alpha value is -1.04. The minimum Gasteiger partial charge on any atom is -0.0996 e. The van der Waals surface area contributed by atoms with Crippen molar-refractivity contribution >= 4 is 0 Å². The van der Waals surface area contributed by atoms with Gasteiger partial charge in [-0.05, 0) is 78.6 Å². The van der Waals surface area contributed by atoms with Crippen LogP contribution in [-0.2, 0) is 0 Å². The van der Waals surface area contributed by atoms with E-state index in [9.17, 15) is 0 Å². The second-order valence-corrected chi connectivity index (χ2v) is 6.59. The molecule has 0 saturated carbocycles. The summed E-state index contributed by atoms with van der Waals surface area (Å²) in [4.78, 5) is 0. The van der Waals surface area contributed by atoms with Gasteiger partial charge in [0, 0.05) is 0 Å². The molecular weight excluding hydrogens is 240 g/mol. The lowest BCUT2D eigenvalue weighted by Gasteiger charge is -2.22. The van der Waals surface area contributed by atoms with Gasteiger partial charge in [0.05, 0.1) is 0 Å². The third-order valence-corrected chi connectivity index (χ3v) is 4.26. The van der Waals surface area contributed by atoms with Gasteiger partial charge in [-0.25, -0.2) is 0 Å². The Morgan fingerprint density at radius 2 is 1.90 bits per heavy atom. The molecule has 0 aromatic heterocycles. The molecule has 0 aromatic rings. The molecule has 0 heteroatoms. The maximum absolute atomic E-state index is 4.32. The molecule has 0 fully saturated rings. The van der Waals surface area contributed by atoms with Crippen molar-refractivity contribution < 1.29 is 0 Å². The average Bonchev–Trinajstić information content (AvgIpc) is 2.39. The number of hydrogen-bond donors (Lipinski definition) is 0. The van der Waals surface area contributed by atoms with Gasteiger partial charge in [-0.3, -0.25) is 0 Å². The van der Waals surface area contributed by atoms with Gasteiger partial charge in [-0.2, -0.15) is 0 Å². The van der Waals surface area contributed by atoms with E-state index in [1.165, 1.54) is 55.2 Å². The van der Waals surface area contributed by atoms with E-state index in [1.807, 2.05) is 0 Å². The molecule has 0 amide bonds. The minimum absolute atomic E-state index is 0.734. The fourth-order valence-electron chi connectivity index (χ4n) is 2.73. The van der Waals surface area contributed by atoms with Crippen molar-refractivity contribution in [3.05, 3.63) is 47.1 Å². The van der Waals surface area contributed by atoms with Crippen molar-refractivity contribution in [3.63, 3.8) is 0 Å². The van der Waals surface area contributed by atoms with Gasteiger partial charge >= 0.3 is 0 Å². The first-order valence-electron chi connectivity index (χ1n) is 8.11. The third kappa shape index (κ3) is 6.93. The van der Waals surface area contributed by atoms with Gasteiger partial charge in [0.1, 0.15) is 0 Å². The zero-order chi connectivity index (χ0) is 15.0. The Balaban J connectivity index is 2.25. The molecule has 1 aliphatic carbocycles. The molecule has 0 bridgehead atoms. The third-order valence-electron chi connectivity index (χ3n) is 4.26. The molecule has 1 unspecified atom stereocenters. The largest absolute Gasteiger partial charge is 0.0996 e. The number of rotatable bonds is 7. The Morgan fingerprint density at radius 3 is 2.50 bits per heavy atom. The molecule has 0 heterocycles. The van der Waals surface area contributed by atoms with E-state index in [2.05, 4.69) is 52.5 Å². The van der Waals surface area contributed by atoms with Crippen molar-refractivity contribution in [2.45, 2.75) is 72.6 Å². The quantitative estimate of drug-likeness (QED) is 0.449. The molecular formula is C20H32. The standard InChI is InChI=1S/C20H32/c1-16(2)8-6-9-17(3)10-7-11-19(5)20-14-12-18(4)13-15-20/h8,10,12,20H,5-7,9,11,13-15H2,1-4H3. The van der Waals surface area contributed by atoms with Gasteiger partial charge < -0.3 is 0 Å². The average molecular weight is 272 g/mol. The van der Waals surface area contributed by atoms with Crippen LogP contribution < -0.4 is 0 Å². The summed E-state index contributed by atoms with van der Waals surface area (Å²) >= 11 is 0. The molecule has 112 valence electrons. The van der Waals surface area contributed by atoms with E-state index in [-0.39, 0.29) is 0 Å². The van der Waals surface area contributed by atoms with Crippen molar-refractivity contribution in [3.8, 4) is 0 Å². The van der Waals surface area contributed by atoms with Gasteiger partial charge in [0.2, 0.25) is 0 Å². The summed E-state index contributed by atoms with van der Waals surface area (Å²) in [5, 5.41) is 0. The smallest absolute Gasteiger partial charge is 0.0168 e. The van der Waals surface area contributed by atoms with Crippen LogP contribution in [0, 0.1) is 5.92 Å². The summed E-state index contributed by atoms with van der Waals surface area (Å²) < 4.78 is 0. The van der Waals surface area contributed by atoms with Gasteiger partial charge in [-0.1, -0.05) is 47.1 Å². The Kier molecular flexibility index (Phi) is 7.65. The second-order valence-electron chi connectivity index (χ2n) is 6.59. The second kappa shape index (κ2) is 9.00. The lowest BCUT2D eigenvalue weighted by Crippen LogP contribution is -2.07. The molecule has 1 atom stereocenters. The van der Waals surface area contributed by atoms with Crippen LogP contribution in [0.4, 0.5) is 0 Å². The van der Waals surface area contributed by atoms with E-state index in [0.717, 1.165) is 12.3 Å². The first-order chi connectivity index (χ1) is 9.49. The maximum Gasteiger partial charge on any atom is -0.0168 e. The van der Waals surface area contributed by atoms with Gasteiger partial charge in [-0.15, -0.1) is 0 Å². The number of hydrogen-bond acceptors (Lipinski definition) is 0. The van der Waals surface area contributed by atoms with E-state index in [0.29, 0.717) is 0 Å². The molecule has 0 N–H and O–H groups in total. The van der Waals surface area contributed by atoms with Crippen molar-refractivity contribution in [1.82, 2.24) is 0 Å². The van der Waals surface area contributed by atoms with E-state index >= 15 is 0 Å². The number of allylic oxidation sites excluding steroid dienone is 7. The summed E-state index contributed by atoms with van der Waals surface area (Å²) in [5.41, 5.74) is 5.97. The lowest BCUT2D eigenvalue weighted by atomic mass is 9.83. The molecule has 0 saturated heterocycles. The fourth-order valence-corrected chi connectivity index (χ4v) is 2.73. The summed E-state index contributed by atoms with van der Waals surface area (Å²) in [6.07, 6.45) is 15.6. The van der Waals surface area contributed by atoms with Crippen molar-refractivity contribution in [1.29, 1.82) is 0 Å². The normalized spacial score (nSPS) is 19.5. The predicted octanol–water partition coefficient (Wildman–Crippen LogP) is 6.76. The molecule has 1 aliphatic rings. The summed E-state index contributed by atoms with van der Waals surface area (Å²) in [6.45, 7) is 13.2. The van der Waals surface area contributed by atoms with Crippen molar-refractivity contribution in [2.24, 2.45) is 5.92 Å². The zero-order valence-corrected chi connectivity index (χ0v) is 14.0. The highest BCUT2D eigenvalue weighted by Crippen LogP contribution is 2.30. The van der Waals surface area contributed by atoms with Crippen LogP contribution in [0.15, 0.2) is 47.1 Å². The molecule has 0 aromatic carbocycles. The zero-order valence-electron chi connectivity index (χ0n) is 14.0. The Morgan fingerprint density at radius 1 is 1.20 bits per heavy atom. The first-order valence-corrected chi connectivity index (χ1v) is 8.11. The molecule has 0 nitrogen and oxygen atoms in total. The topological polar surface area (TPSA) is 0 Å². The molecule has 1 rings (SSSR count). The van der Waals surface area contributed by atoms with Crippen LogP contribution in [0.2, 0.25) is 0 Å². The highest BCUT2D eigenvalue weighted by atomic mass is 14.2. The van der Waals surface area contributed by atoms with E-state index < -0.39 is 0 Å². The van der Waals surface area contributed by atoms with Crippen LogP contribution in [0.1, 0.15) is 72.6 Å². The summed E-state index contributed by atoms with van der Waals surface area (Å²) in [6, 6.07) is 0. The van der Waals surface area contributed by atoms with Crippen LogP contribution in [0.5, 0.6) is 0 Å². The molecule has 20 heavy (non-hydrogen) atoms. The van der Waals surface area contributed by atoms with Crippen LogP contribution in [-0.4, -0.2) is 0 Å². The first kappa shape index (κ1) is 17.0. The summed E-state index contributed by atoms with van der Waals surface area (Å²) in [7, 11) is 0.